The summed E-state index contributed by atoms with van der Waals surface area (Å²) in [5.41, 5.74) is 1.75. The number of thiophene rings is 1. The number of rotatable bonds is 6. The minimum absolute atomic E-state index is 0.0392. The molecule has 31 heavy (non-hydrogen) atoms. The van der Waals surface area contributed by atoms with Crippen molar-refractivity contribution in [2.24, 2.45) is 0 Å². The van der Waals surface area contributed by atoms with Crippen LogP contribution in [0, 0.1) is 11.3 Å². The highest BCUT2D eigenvalue weighted by molar-refractivity contribution is 7.99. The monoisotopic (exact) mass is 470 g/mol. The van der Waals surface area contributed by atoms with E-state index < -0.39 is 0 Å². The van der Waals surface area contributed by atoms with Gasteiger partial charge in [0.25, 0.3) is 5.56 Å². The lowest BCUT2D eigenvalue weighted by molar-refractivity contribution is -0.113. The number of nitriles is 1. The Labute approximate surface area is 192 Å². The second-order valence-electron chi connectivity index (χ2n) is 7.13. The minimum Gasteiger partial charge on any atom is -0.324 e. The highest BCUT2D eigenvalue weighted by Crippen LogP contribution is 2.34. The van der Waals surface area contributed by atoms with E-state index in [4.69, 9.17) is 16.6 Å². The molecule has 1 aliphatic rings. The molecule has 6 nitrogen and oxygen atoms in total. The molecule has 0 saturated heterocycles. The zero-order chi connectivity index (χ0) is 22.0. The van der Waals surface area contributed by atoms with Crippen LogP contribution in [0.2, 0.25) is 5.02 Å². The number of nitrogens with one attached hydrogen (secondary N) is 1. The van der Waals surface area contributed by atoms with Gasteiger partial charge in [0.05, 0.1) is 22.4 Å². The van der Waals surface area contributed by atoms with E-state index in [1.807, 2.05) is 6.07 Å². The van der Waals surface area contributed by atoms with Gasteiger partial charge in [0.15, 0.2) is 5.16 Å². The number of aryl methyl sites for hydroxylation is 2. The Morgan fingerprint density at radius 3 is 3.00 bits per heavy atom. The molecule has 0 atom stereocenters. The highest BCUT2D eigenvalue weighted by atomic mass is 35.5. The number of carbonyl (C=O) groups excluding carboxylic acids is 1. The highest BCUT2D eigenvalue weighted by Gasteiger charge is 2.22. The van der Waals surface area contributed by atoms with Gasteiger partial charge < -0.3 is 5.32 Å². The normalized spacial score (nSPS) is 12.9. The summed E-state index contributed by atoms with van der Waals surface area (Å²) in [6.07, 6.45) is 5.78. The lowest BCUT2D eigenvalue weighted by Gasteiger charge is -2.12. The van der Waals surface area contributed by atoms with E-state index in [0.29, 0.717) is 33.4 Å². The van der Waals surface area contributed by atoms with Gasteiger partial charge in [-0.05, 0) is 49.4 Å². The molecule has 1 aliphatic carbocycles. The second kappa shape index (κ2) is 9.27. The fourth-order valence-corrected chi connectivity index (χ4v) is 5.94. The molecule has 2 heterocycles. The van der Waals surface area contributed by atoms with Gasteiger partial charge in [0, 0.05) is 16.4 Å². The topological polar surface area (TPSA) is 87.8 Å². The molecule has 0 fully saturated rings. The fraction of sp³-hybridized carbons (Fsp3) is 0.273. The molecule has 1 N–H and O–H groups in total. The maximum absolute atomic E-state index is 13.2. The Hall–Kier alpha value is -2.60. The third kappa shape index (κ3) is 4.40. The molecule has 0 radical (unpaired) electrons. The van der Waals surface area contributed by atoms with Gasteiger partial charge in [-0.2, -0.15) is 5.26 Å². The number of hydrogen-bond acceptors (Lipinski definition) is 6. The summed E-state index contributed by atoms with van der Waals surface area (Å²) in [5.74, 6) is -0.272. The molecule has 0 aliphatic heterocycles. The summed E-state index contributed by atoms with van der Waals surface area (Å²) in [5, 5.41) is 13.6. The molecule has 0 spiro atoms. The van der Waals surface area contributed by atoms with Crippen molar-refractivity contribution in [3.63, 3.8) is 0 Å². The van der Waals surface area contributed by atoms with Crippen LogP contribution in [0.25, 0.3) is 10.2 Å². The smallest absolute Gasteiger partial charge is 0.263 e. The Balaban J connectivity index is 1.61. The Morgan fingerprint density at radius 2 is 2.23 bits per heavy atom. The average molecular weight is 471 g/mol. The molecule has 4 rings (SSSR count). The number of aromatic nitrogens is 2. The summed E-state index contributed by atoms with van der Waals surface area (Å²) in [7, 11) is 0. The number of allylic oxidation sites excluding steroid dienone is 1. The molecule has 0 saturated carbocycles. The van der Waals surface area contributed by atoms with E-state index in [1.54, 1.807) is 34.1 Å². The predicted octanol–water partition coefficient (Wildman–Crippen LogP) is 4.78. The first-order chi connectivity index (χ1) is 15.0. The van der Waals surface area contributed by atoms with Gasteiger partial charge in [-0.3, -0.25) is 14.2 Å². The summed E-state index contributed by atoms with van der Waals surface area (Å²) in [4.78, 5) is 32.5. The van der Waals surface area contributed by atoms with Crippen molar-refractivity contribution in [2.45, 2.75) is 37.4 Å². The van der Waals surface area contributed by atoms with Crippen molar-refractivity contribution in [1.82, 2.24) is 9.55 Å². The molecule has 1 aromatic carbocycles. The first kappa shape index (κ1) is 21.6. The summed E-state index contributed by atoms with van der Waals surface area (Å²) in [6.45, 7) is 4.08. The number of anilines is 1. The molecule has 3 aromatic rings. The number of benzene rings is 1. The van der Waals surface area contributed by atoms with E-state index in [-0.39, 0.29) is 17.2 Å². The SMILES string of the molecule is C=CCn1c(SCC(=O)Nc2cc(Cl)ccc2C#N)nc2sc3c(c2c1=O)CCCC3. The fourth-order valence-electron chi connectivity index (χ4n) is 3.65. The summed E-state index contributed by atoms with van der Waals surface area (Å²) in [6, 6.07) is 6.72. The minimum atomic E-state index is -0.311. The van der Waals surface area contributed by atoms with Crippen LogP contribution in [0.4, 0.5) is 5.69 Å². The van der Waals surface area contributed by atoms with Crippen LogP contribution >= 0.6 is 34.7 Å². The maximum Gasteiger partial charge on any atom is 0.263 e. The maximum atomic E-state index is 13.2. The summed E-state index contributed by atoms with van der Waals surface area (Å²) >= 11 is 8.75. The van der Waals surface area contributed by atoms with Gasteiger partial charge >= 0.3 is 0 Å². The number of thioether (sulfide) groups is 1. The zero-order valence-electron chi connectivity index (χ0n) is 16.6. The number of halogens is 1. The van der Waals surface area contributed by atoms with E-state index in [2.05, 4.69) is 11.9 Å². The van der Waals surface area contributed by atoms with Crippen LogP contribution in [0.1, 0.15) is 28.8 Å². The van der Waals surface area contributed by atoms with Crippen molar-refractivity contribution in [3.05, 3.63) is 62.2 Å². The lowest BCUT2D eigenvalue weighted by atomic mass is 9.97. The Morgan fingerprint density at radius 1 is 1.42 bits per heavy atom. The van der Waals surface area contributed by atoms with Crippen molar-refractivity contribution in [1.29, 1.82) is 5.26 Å². The van der Waals surface area contributed by atoms with Gasteiger partial charge in [-0.15, -0.1) is 17.9 Å². The largest absolute Gasteiger partial charge is 0.324 e. The van der Waals surface area contributed by atoms with E-state index in [0.717, 1.165) is 36.1 Å². The number of amides is 1. The van der Waals surface area contributed by atoms with Gasteiger partial charge in [-0.25, -0.2) is 4.98 Å². The van der Waals surface area contributed by atoms with Crippen LogP contribution in [0.5, 0.6) is 0 Å². The van der Waals surface area contributed by atoms with Crippen molar-refractivity contribution in [2.75, 3.05) is 11.1 Å². The second-order valence-corrected chi connectivity index (χ2v) is 9.59. The molecule has 2 aromatic heterocycles. The van der Waals surface area contributed by atoms with Crippen LogP contribution < -0.4 is 10.9 Å². The Bertz CT molecular complexity index is 1290. The van der Waals surface area contributed by atoms with E-state index >= 15 is 0 Å². The number of nitrogens with zero attached hydrogens (tertiary/aromatic N) is 3. The van der Waals surface area contributed by atoms with Crippen LogP contribution in [-0.2, 0) is 24.2 Å². The zero-order valence-corrected chi connectivity index (χ0v) is 19.0. The van der Waals surface area contributed by atoms with Gasteiger partial charge in [0.1, 0.15) is 10.9 Å². The first-order valence-corrected chi connectivity index (χ1v) is 12.0. The average Bonchev–Trinajstić information content (AvgIpc) is 3.13. The van der Waals surface area contributed by atoms with Crippen molar-refractivity contribution in [3.8, 4) is 6.07 Å². The molecular weight excluding hydrogens is 452 g/mol. The van der Waals surface area contributed by atoms with Gasteiger partial charge in [-0.1, -0.05) is 29.4 Å². The van der Waals surface area contributed by atoms with Crippen molar-refractivity contribution >= 4 is 56.5 Å². The third-order valence-corrected chi connectivity index (χ3v) is 7.46. The first-order valence-electron chi connectivity index (χ1n) is 9.80. The van der Waals surface area contributed by atoms with Crippen LogP contribution in [-0.4, -0.2) is 21.2 Å². The van der Waals surface area contributed by atoms with Crippen LogP contribution in [0.3, 0.4) is 0 Å². The molecule has 1 amide bonds. The molecule has 0 bridgehead atoms. The predicted molar refractivity (Wildman–Crippen MR) is 126 cm³/mol. The Kier molecular flexibility index (Phi) is 6.46. The molecule has 158 valence electrons. The number of carbonyl (C=O) groups is 1. The van der Waals surface area contributed by atoms with E-state index in [9.17, 15) is 14.9 Å². The number of hydrogen-bond donors (Lipinski definition) is 1. The molecular formula is C22H19ClN4O2S2. The lowest BCUT2D eigenvalue weighted by Crippen LogP contribution is -2.24. The molecule has 9 heteroatoms. The quantitative estimate of drug-likeness (QED) is 0.318. The van der Waals surface area contributed by atoms with E-state index in [1.165, 1.54) is 22.7 Å². The molecule has 0 unspecified atom stereocenters. The number of fused-ring (bicyclic) bond motifs is 3. The van der Waals surface area contributed by atoms with Crippen LogP contribution in [0.15, 0.2) is 40.8 Å². The van der Waals surface area contributed by atoms with Crippen molar-refractivity contribution < 1.29 is 4.79 Å². The third-order valence-electron chi connectivity index (χ3n) is 5.06. The standard InChI is InChI=1S/C22H19ClN4O2S2/c1-2-9-27-21(29)19-15-5-3-4-6-17(15)31-20(19)26-22(27)30-12-18(28)25-16-10-14(23)8-7-13(16)11-24/h2,7-8,10H,1,3-6,9,12H2,(H,25,28). The van der Waals surface area contributed by atoms with Gasteiger partial charge in [0.2, 0.25) is 5.91 Å². The summed E-state index contributed by atoms with van der Waals surface area (Å²) < 4.78 is 1.58.